The summed E-state index contributed by atoms with van der Waals surface area (Å²) in [6.07, 6.45) is 1.78. The molecule has 0 amide bonds. The molecule has 1 aromatic heterocycles. The molecule has 0 aliphatic carbocycles. The van der Waals surface area contributed by atoms with Crippen LogP contribution in [0.5, 0.6) is 5.75 Å². The minimum atomic E-state index is -0.988. The second kappa shape index (κ2) is 5.14. The number of imidazole rings is 1. The van der Waals surface area contributed by atoms with Gasteiger partial charge in [-0.1, -0.05) is 6.07 Å². The van der Waals surface area contributed by atoms with Gasteiger partial charge in [0.05, 0.1) is 19.1 Å². The van der Waals surface area contributed by atoms with E-state index in [2.05, 4.69) is 4.98 Å². The smallest absolute Gasteiger partial charge is 0.339 e. The molecule has 0 bridgehead atoms. The molecule has 1 heterocycles. The Kier molecular flexibility index (Phi) is 3.55. The van der Waals surface area contributed by atoms with Crippen LogP contribution >= 0.6 is 0 Å². The molecule has 19 heavy (non-hydrogen) atoms. The van der Waals surface area contributed by atoms with Gasteiger partial charge < -0.3 is 14.4 Å². The molecule has 1 aromatic carbocycles. The summed E-state index contributed by atoms with van der Waals surface area (Å²) in [4.78, 5) is 15.3. The van der Waals surface area contributed by atoms with Gasteiger partial charge in [-0.15, -0.1) is 0 Å². The third-order valence-corrected chi connectivity index (χ3v) is 3.19. The molecule has 1 N–H and O–H groups in total. The van der Waals surface area contributed by atoms with Gasteiger partial charge in [-0.3, -0.25) is 0 Å². The number of carboxylic acid groups (broad SMARTS) is 1. The van der Waals surface area contributed by atoms with E-state index < -0.39 is 5.97 Å². The van der Waals surface area contributed by atoms with Gasteiger partial charge in [0.2, 0.25) is 0 Å². The van der Waals surface area contributed by atoms with E-state index in [4.69, 9.17) is 9.84 Å². The Hall–Kier alpha value is -2.30. The fourth-order valence-corrected chi connectivity index (χ4v) is 1.91. The Balaban J connectivity index is 2.31. The lowest BCUT2D eigenvalue weighted by Crippen LogP contribution is -2.04. The summed E-state index contributed by atoms with van der Waals surface area (Å²) >= 11 is 0. The maximum absolute atomic E-state index is 11.0. The van der Waals surface area contributed by atoms with Crippen molar-refractivity contribution in [2.75, 3.05) is 7.11 Å². The van der Waals surface area contributed by atoms with Gasteiger partial charge in [0.25, 0.3) is 0 Å². The van der Waals surface area contributed by atoms with Crippen molar-refractivity contribution in [1.82, 2.24) is 9.55 Å². The van der Waals surface area contributed by atoms with Crippen LogP contribution in [0.25, 0.3) is 0 Å². The van der Waals surface area contributed by atoms with E-state index in [0.29, 0.717) is 12.3 Å². The SMILES string of the molecule is COc1cc(Cn2cnc(C)c2C)ccc1C(=O)O. The molecule has 0 unspecified atom stereocenters. The number of aromatic carboxylic acids is 1. The molecule has 0 aliphatic rings. The fraction of sp³-hybridized carbons (Fsp3) is 0.286. The average molecular weight is 260 g/mol. The maximum atomic E-state index is 11.0. The number of methoxy groups -OCH3 is 1. The summed E-state index contributed by atoms with van der Waals surface area (Å²) < 4.78 is 7.13. The number of ether oxygens (including phenoxy) is 1. The largest absolute Gasteiger partial charge is 0.496 e. The fourth-order valence-electron chi connectivity index (χ4n) is 1.91. The average Bonchev–Trinajstić information content (AvgIpc) is 2.70. The molecular weight excluding hydrogens is 244 g/mol. The molecule has 100 valence electrons. The number of benzene rings is 1. The third-order valence-electron chi connectivity index (χ3n) is 3.19. The molecule has 2 aromatic rings. The molecule has 0 aliphatic heterocycles. The first kappa shape index (κ1) is 13.1. The Labute approximate surface area is 111 Å². The Morgan fingerprint density at radius 1 is 1.42 bits per heavy atom. The Morgan fingerprint density at radius 3 is 2.68 bits per heavy atom. The van der Waals surface area contributed by atoms with Crippen molar-refractivity contribution < 1.29 is 14.6 Å². The quantitative estimate of drug-likeness (QED) is 0.915. The van der Waals surface area contributed by atoms with Crippen molar-refractivity contribution in [2.24, 2.45) is 0 Å². The molecule has 0 saturated heterocycles. The zero-order valence-corrected chi connectivity index (χ0v) is 11.2. The molecule has 0 saturated carbocycles. The predicted molar refractivity (Wildman–Crippen MR) is 70.8 cm³/mol. The zero-order valence-electron chi connectivity index (χ0n) is 11.2. The van der Waals surface area contributed by atoms with Gasteiger partial charge in [0, 0.05) is 12.2 Å². The second-order valence-corrected chi connectivity index (χ2v) is 4.38. The highest BCUT2D eigenvalue weighted by atomic mass is 16.5. The van der Waals surface area contributed by atoms with E-state index in [9.17, 15) is 4.79 Å². The lowest BCUT2D eigenvalue weighted by molar-refractivity contribution is 0.0693. The molecule has 0 radical (unpaired) electrons. The van der Waals surface area contributed by atoms with Crippen molar-refractivity contribution in [3.05, 3.63) is 47.0 Å². The van der Waals surface area contributed by atoms with Gasteiger partial charge >= 0.3 is 5.97 Å². The van der Waals surface area contributed by atoms with Crippen LogP contribution < -0.4 is 4.74 Å². The van der Waals surface area contributed by atoms with Crippen LogP contribution in [0.1, 0.15) is 27.3 Å². The highest BCUT2D eigenvalue weighted by Gasteiger charge is 2.12. The summed E-state index contributed by atoms with van der Waals surface area (Å²) in [5, 5.41) is 9.03. The number of aromatic nitrogens is 2. The monoisotopic (exact) mass is 260 g/mol. The number of carbonyl (C=O) groups is 1. The lowest BCUT2D eigenvalue weighted by Gasteiger charge is -2.09. The normalized spacial score (nSPS) is 10.5. The summed E-state index contributed by atoms with van der Waals surface area (Å²) in [6, 6.07) is 5.11. The highest BCUT2D eigenvalue weighted by Crippen LogP contribution is 2.21. The summed E-state index contributed by atoms with van der Waals surface area (Å²) in [5.41, 5.74) is 3.24. The van der Waals surface area contributed by atoms with E-state index in [-0.39, 0.29) is 5.56 Å². The minimum absolute atomic E-state index is 0.171. The van der Waals surface area contributed by atoms with Crippen LogP contribution in [0, 0.1) is 13.8 Å². The van der Waals surface area contributed by atoms with Crippen molar-refractivity contribution in [3.8, 4) is 5.75 Å². The molecule has 0 spiro atoms. The number of carboxylic acids is 1. The summed E-state index contributed by atoms with van der Waals surface area (Å²) in [5.74, 6) is -0.613. The van der Waals surface area contributed by atoms with Gasteiger partial charge in [-0.2, -0.15) is 0 Å². The van der Waals surface area contributed by atoms with Gasteiger partial charge in [-0.25, -0.2) is 9.78 Å². The molecule has 2 rings (SSSR count). The number of hydrogen-bond acceptors (Lipinski definition) is 3. The predicted octanol–water partition coefficient (Wildman–Crippen LogP) is 2.26. The third kappa shape index (κ3) is 2.59. The first-order valence-corrected chi connectivity index (χ1v) is 5.91. The molecule has 0 fully saturated rings. The minimum Gasteiger partial charge on any atom is -0.496 e. The first-order chi connectivity index (χ1) is 9.02. The van der Waals surface area contributed by atoms with Crippen LogP contribution in [0.4, 0.5) is 0 Å². The number of aryl methyl sites for hydroxylation is 1. The van der Waals surface area contributed by atoms with E-state index in [1.54, 1.807) is 24.5 Å². The van der Waals surface area contributed by atoms with Crippen molar-refractivity contribution in [2.45, 2.75) is 20.4 Å². The molecule has 5 heteroatoms. The van der Waals surface area contributed by atoms with Crippen molar-refractivity contribution in [3.63, 3.8) is 0 Å². The van der Waals surface area contributed by atoms with E-state index >= 15 is 0 Å². The summed E-state index contributed by atoms with van der Waals surface area (Å²) in [7, 11) is 1.47. The maximum Gasteiger partial charge on any atom is 0.339 e. The topological polar surface area (TPSA) is 64.4 Å². The number of rotatable bonds is 4. The van der Waals surface area contributed by atoms with Crippen LogP contribution in [-0.4, -0.2) is 27.7 Å². The van der Waals surface area contributed by atoms with Crippen LogP contribution in [-0.2, 0) is 6.54 Å². The lowest BCUT2D eigenvalue weighted by atomic mass is 10.1. The van der Waals surface area contributed by atoms with Crippen LogP contribution in [0.15, 0.2) is 24.5 Å². The molecule has 5 nitrogen and oxygen atoms in total. The molecular formula is C14H16N2O3. The van der Waals surface area contributed by atoms with Gasteiger partial charge in [0.15, 0.2) is 0 Å². The van der Waals surface area contributed by atoms with E-state index in [1.807, 2.05) is 18.4 Å². The summed E-state index contributed by atoms with van der Waals surface area (Å²) in [6.45, 7) is 4.61. The van der Waals surface area contributed by atoms with E-state index in [1.165, 1.54) is 7.11 Å². The van der Waals surface area contributed by atoms with Gasteiger partial charge in [0.1, 0.15) is 11.3 Å². The highest BCUT2D eigenvalue weighted by molar-refractivity contribution is 5.90. The Morgan fingerprint density at radius 2 is 2.16 bits per heavy atom. The Bertz CT molecular complexity index is 617. The van der Waals surface area contributed by atoms with Crippen molar-refractivity contribution in [1.29, 1.82) is 0 Å². The first-order valence-electron chi connectivity index (χ1n) is 5.91. The molecule has 0 atom stereocenters. The van der Waals surface area contributed by atoms with Crippen LogP contribution in [0.3, 0.4) is 0 Å². The standard InChI is InChI=1S/C14H16N2O3/c1-9-10(2)16(8-15-9)7-11-4-5-12(14(17)18)13(6-11)19-3/h4-6,8H,7H2,1-3H3,(H,17,18). The zero-order chi connectivity index (χ0) is 14.0. The van der Waals surface area contributed by atoms with Gasteiger partial charge in [-0.05, 0) is 31.5 Å². The van der Waals surface area contributed by atoms with Crippen molar-refractivity contribution >= 4 is 5.97 Å². The number of hydrogen-bond donors (Lipinski definition) is 1. The second-order valence-electron chi connectivity index (χ2n) is 4.38. The number of nitrogens with zero attached hydrogens (tertiary/aromatic N) is 2. The van der Waals surface area contributed by atoms with E-state index in [0.717, 1.165) is 17.0 Å². The van der Waals surface area contributed by atoms with Crippen LogP contribution in [0.2, 0.25) is 0 Å².